The first-order valence-corrected chi connectivity index (χ1v) is 9.07. The van der Waals surface area contributed by atoms with Crippen LogP contribution < -0.4 is 10.6 Å². The maximum atomic E-state index is 12.5. The van der Waals surface area contributed by atoms with E-state index in [2.05, 4.69) is 33.2 Å². The van der Waals surface area contributed by atoms with E-state index in [1.807, 2.05) is 39.0 Å². The monoisotopic (exact) mass is 429 g/mol. The molecule has 6 heteroatoms. The molecule has 1 saturated heterocycles. The first kappa shape index (κ1) is 18.0. The first-order valence-electron chi connectivity index (χ1n) is 7.99. The summed E-state index contributed by atoms with van der Waals surface area (Å²) in [7, 11) is 0. The summed E-state index contributed by atoms with van der Waals surface area (Å²) in [5.41, 5.74) is 1.90. The van der Waals surface area contributed by atoms with Crippen molar-refractivity contribution in [3.05, 3.63) is 27.3 Å². The molecule has 0 saturated carbocycles. The number of amides is 3. The summed E-state index contributed by atoms with van der Waals surface area (Å²) >= 11 is 2.25. The molecule has 23 heavy (non-hydrogen) atoms. The third-order valence-corrected chi connectivity index (χ3v) is 4.61. The number of urea groups is 1. The number of hydrogen-bond acceptors (Lipinski definition) is 2. The van der Waals surface area contributed by atoms with Gasteiger partial charge in [0.15, 0.2) is 0 Å². The maximum absolute atomic E-state index is 12.5. The van der Waals surface area contributed by atoms with Crippen molar-refractivity contribution in [1.29, 1.82) is 0 Å². The molecule has 1 heterocycles. The van der Waals surface area contributed by atoms with Crippen molar-refractivity contribution in [2.75, 3.05) is 18.4 Å². The van der Waals surface area contributed by atoms with E-state index in [1.165, 1.54) is 0 Å². The van der Waals surface area contributed by atoms with E-state index in [0.717, 1.165) is 27.7 Å². The number of benzene rings is 1. The van der Waals surface area contributed by atoms with Crippen molar-refractivity contribution in [2.45, 2.75) is 39.7 Å². The first-order chi connectivity index (χ1) is 10.9. The minimum atomic E-state index is -0.152. The van der Waals surface area contributed by atoms with Crippen molar-refractivity contribution in [3.8, 4) is 0 Å². The number of nitrogens with zero attached hydrogens (tertiary/aromatic N) is 1. The molecule has 126 valence electrons. The number of carbonyl (C=O) groups is 2. The third kappa shape index (κ3) is 5.09. The molecule has 2 rings (SSSR count). The Kier molecular flexibility index (Phi) is 6.26. The van der Waals surface area contributed by atoms with Crippen molar-refractivity contribution < 1.29 is 9.59 Å². The predicted molar refractivity (Wildman–Crippen MR) is 100 cm³/mol. The lowest BCUT2D eigenvalue weighted by Gasteiger charge is -2.32. The number of piperidine rings is 1. The summed E-state index contributed by atoms with van der Waals surface area (Å²) in [6.07, 6.45) is 1.68. The molecule has 1 aliphatic rings. The normalized spacial score (nSPS) is 18.0. The van der Waals surface area contributed by atoms with Gasteiger partial charge in [-0.3, -0.25) is 4.79 Å². The van der Waals surface area contributed by atoms with Crippen LogP contribution in [0.25, 0.3) is 0 Å². The highest BCUT2D eigenvalue weighted by atomic mass is 127. The SMILES string of the molecule is Cc1cc(I)ccc1NC(=O)C1CCCN(C(=O)NC(C)C)C1. The fraction of sp³-hybridized carbons (Fsp3) is 0.529. The number of halogens is 1. The lowest BCUT2D eigenvalue weighted by Crippen LogP contribution is -2.49. The molecule has 1 atom stereocenters. The Hall–Kier alpha value is -1.31. The highest BCUT2D eigenvalue weighted by molar-refractivity contribution is 14.1. The molecule has 0 spiro atoms. The van der Waals surface area contributed by atoms with Gasteiger partial charge < -0.3 is 15.5 Å². The topological polar surface area (TPSA) is 61.4 Å². The Morgan fingerprint density at radius 2 is 2.09 bits per heavy atom. The molecular weight excluding hydrogens is 405 g/mol. The fourth-order valence-corrected chi connectivity index (χ4v) is 3.36. The molecule has 2 N–H and O–H groups in total. The fourth-order valence-electron chi connectivity index (χ4n) is 2.72. The third-order valence-electron chi connectivity index (χ3n) is 3.94. The van der Waals surface area contributed by atoms with Gasteiger partial charge in [0.2, 0.25) is 5.91 Å². The summed E-state index contributed by atoms with van der Waals surface area (Å²) in [6.45, 7) is 7.05. The molecule has 5 nitrogen and oxygen atoms in total. The van der Waals surface area contributed by atoms with Gasteiger partial charge in [-0.05, 0) is 80.0 Å². The maximum Gasteiger partial charge on any atom is 0.317 e. The Labute approximate surface area is 151 Å². The van der Waals surface area contributed by atoms with E-state index in [-0.39, 0.29) is 23.9 Å². The second-order valence-corrected chi connectivity index (χ2v) is 7.58. The van der Waals surface area contributed by atoms with Crippen LogP contribution in [0.3, 0.4) is 0 Å². The van der Waals surface area contributed by atoms with Gasteiger partial charge in [-0.15, -0.1) is 0 Å². The van der Waals surface area contributed by atoms with Crippen LogP contribution in [0, 0.1) is 16.4 Å². The predicted octanol–water partition coefficient (Wildman–Crippen LogP) is 3.37. The number of nitrogens with one attached hydrogen (secondary N) is 2. The van der Waals surface area contributed by atoms with Crippen LogP contribution in [0.4, 0.5) is 10.5 Å². The molecule has 1 aromatic rings. The summed E-state index contributed by atoms with van der Waals surface area (Å²) in [5.74, 6) is -0.156. The van der Waals surface area contributed by atoms with Gasteiger partial charge in [0.05, 0.1) is 5.92 Å². The minimum absolute atomic E-state index is 0.00337. The molecule has 0 radical (unpaired) electrons. The van der Waals surface area contributed by atoms with E-state index < -0.39 is 0 Å². The van der Waals surface area contributed by atoms with Gasteiger partial charge in [-0.2, -0.15) is 0 Å². The number of anilines is 1. The largest absolute Gasteiger partial charge is 0.336 e. The van der Waals surface area contributed by atoms with Crippen molar-refractivity contribution in [2.24, 2.45) is 5.92 Å². The van der Waals surface area contributed by atoms with Crippen LogP contribution in [0.2, 0.25) is 0 Å². The summed E-state index contributed by atoms with van der Waals surface area (Å²) < 4.78 is 1.15. The molecule has 1 unspecified atom stereocenters. The highest BCUT2D eigenvalue weighted by Gasteiger charge is 2.28. The lowest BCUT2D eigenvalue weighted by atomic mass is 9.97. The standard InChI is InChI=1S/C17H24IN3O2/c1-11(2)19-17(23)21-8-4-5-13(10-21)16(22)20-15-7-6-14(18)9-12(15)3/h6-7,9,11,13H,4-5,8,10H2,1-3H3,(H,19,23)(H,20,22). The van der Waals surface area contributed by atoms with Gasteiger partial charge in [0.25, 0.3) is 0 Å². The van der Waals surface area contributed by atoms with Crippen LogP contribution in [-0.4, -0.2) is 36.0 Å². The van der Waals surface area contributed by atoms with E-state index in [0.29, 0.717) is 13.1 Å². The van der Waals surface area contributed by atoms with Crippen LogP contribution in [0.5, 0.6) is 0 Å². The zero-order valence-electron chi connectivity index (χ0n) is 13.9. The second-order valence-electron chi connectivity index (χ2n) is 6.34. The Bertz CT molecular complexity index is 589. The van der Waals surface area contributed by atoms with E-state index in [9.17, 15) is 9.59 Å². The molecule has 0 bridgehead atoms. The zero-order valence-corrected chi connectivity index (χ0v) is 16.0. The van der Waals surface area contributed by atoms with Crippen molar-refractivity contribution in [3.63, 3.8) is 0 Å². The lowest BCUT2D eigenvalue weighted by molar-refractivity contribution is -0.121. The van der Waals surface area contributed by atoms with Crippen molar-refractivity contribution >= 4 is 40.2 Å². The van der Waals surface area contributed by atoms with Crippen LogP contribution in [0.15, 0.2) is 18.2 Å². The van der Waals surface area contributed by atoms with Crippen LogP contribution in [-0.2, 0) is 4.79 Å². The Morgan fingerprint density at radius 1 is 1.35 bits per heavy atom. The van der Waals surface area contributed by atoms with E-state index in [4.69, 9.17) is 0 Å². The number of hydrogen-bond donors (Lipinski definition) is 2. The van der Waals surface area contributed by atoms with Gasteiger partial charge in [0.1, 0.15) is 0 Å². The molecule has 1 fully saturated rings. The molecular formula is C17H24IN3O2. The number of carbonyl (C=O) groups excluding carboxylic acids is 2. The van der Waals surface area contributed by atoms with Gasteiger partial charge >= 0.3 is 6.03 Å². The molecule has 1 aromatic carbocycles. The Morgan fingerprint density at radius 3 is 2.74 bits per heavy atom. The smallest absolute Gasteiger partial charge is 0.317 e. The summed E-state index contributed by atoms with van der Waals surface area (Å²) in [6, 6.07) is 5.97. The second kappa shape index (κ2) is 7.99. The van der Waals surface area contributed by atoms with Crippen LogP contribution in [0.1, 0.15) is 32.3 Å². The van der Waals surface area contributed by atoms with Gasteiger partial charge in [0, 0.05) is 28.4 Å². The number of likely N-dealkylation sites (tertiary alicyclic amines) is 1. The number of aryl methyl sites for hydroxylation is 1. The van der Waals surface area contributed by atoms with Crippen LogP contribution >= 0.6 is 22.6 Å². The summed E-state index contributed by atoms with van der Waals surface area (Å²) in [4.78, 5) is 26.4. The minimum Gasteiger partial charge on any atom is -0.336 e. The van der Waals surface area contributed by atoms with Gasteiger partial charge in [-0.25, -0.2) is 4.79 Å². The molecule has 0 aliphatic carbocycles. The highest BCUT2D eigenvalue weighted by Crippen LogP contribution is 2.22. The molecule has 3 amide bonds. The quantitative estimate of drug-likeness (QED) is 0.724. The molecule has 0 aromatic heterocycles. The molecule has 1 aliphatic heterocycles. The average molecular weight is 429 g/mol. The van der Waals surface area contributed by atoms with E-state index in [1.54, 1.807) is 4.90 Å². The zero-order chi connectivity index (χ0) is 17.0. The van der Waals surface area contributed by atoms with E-state index >= 15 is 0 Å². The Balaban J connectivity index is 1.97. The number of rotatable bonds is 3. The van der Waals surface area contributed by atoms with Gasteiger partial charge in [-0.1, -0.05) is 0 Å². The van der Waals surface area contributed by atoms with Crippen molar-refractivity contribution in [1.82, 2.24) is 10.2 Å². The average Bonchev–Trinajstić information content (AvgIpc) is 2.49. The summed E-state index contributed by atoms with van der Waals surface area (Å²) in [5, 5.41) is 5.90.